The van der Waals surface area contributed by atoms with Crippen LogP contribution in [0.3, 0.4) is 0 Å². The molecule has 0 saturated heterocycles. The molecule has 2 aromatic carbocycles. The van der Waals surface area contributed by atoms with Crippen molar-refractivity contribution in [3.8, 4) is 11.1 Å². The van der Waals surface area contributed by atoms with Gasteiger partial charge in [0.2, 0.25) is 0 Å². The van der Waals surface area contributed by atoms with Gasteiger partial charge >= 0.3 is 7.12 Å². The molecule has 0 aliphatic carbocycles. The molecule has 0 radical (unpaired) electrons. The van der Waals surface area contributed by atoms with Gasteiger partial charge in [-0.15, -0.1) is 0 Å². The Bertz CT molecular complexity index is 489. The molecular formula is C14H13BO2. The summed E-state index contributed by atoms with van der Waals surface area (Å²) in [5.74, 6) is 1.33. The Balaban J connectivity index is 2.19. The summed E-state index contributed by atoms with van der Waals surface area (Å²) in [6, 6.07) is 18.0. The van der Waals surface area contributed by atoms with E-state index in [0.29, 0.717) is 0 Å². The van der Waals surface area contributed by atoms with E-state index in [2.05, 4.69) is 12.1 Å². The number of hydrogen-bond donors (Lipinski definition) is 2. The van der Waals surface area contributed by atoms with Crippen LogP contribution >= 0.6 is 0 Å². The Hall–Kier alpha value is -1.84. The van der Waals surface area contributed by atoms with E-state index in [1.807, 2.05) is 42.5 Å². The van der Waals surface area contributed by atoms with Crippen LogP contribution in [0, 0.1) is 0 Å². The molecule has 0 amide bonds. The van der Waals surface area contributed by atoms with E-state index in [1.54, 1.807) is 6.08 Å². The molecule has 0 saturated carbocycles. The van der Waals surface area contributed by atoms with Crippen LogP contribution < -0.4 is 0 Å². The standard InChI is InChI=1S/C14H13BO2/c16-15(17)11-10-12-6-8-14(9-7-12)13-4-2-1-3-5-13/h1-11,16-17H. The summed E-state index contributed by atoms with van der Waals surface area (Å²) in [5.41, 5.74) is 3.26. The third-order valence-electron chi connectivity index (χ3n) is 2.48. The first-order valence-corrected chi connectivity index (χ1v) is 5.45. The van der Waals surface area contributed by atoms with Gasteiger partial charge in [-0.25, -0.2) is 0 Å². The van der Waals surface area contributed by atoms with Crippen molar-refractivity contribution < 1.29 is 10.0 Å². The fraction of sp³-hybridized carbons (Fsp3) is 0. The minimum atomic E-state index is -1.40. The maximum absolute atomic E-state index is 8.72. The van der Waals surface area contributed by atoms with Crippen molar-refractivity contribution in [3.63, 3.8) is 0 Å². The predicted molar refractivity (Wildman–Crippen MR) is 71.1 cm³/mol. The smallest absolute Gasteiger partial charge is 0.424 e. The molecular weight excluding hydrogens is 211 g/mol. The van der Waals surface area contributed by atoms with Gasteiger partial charge in [0.1, 0.15) is 0 Å². The molecule has 0 atom stereocenters. The van der Waals surface area contributed by atoms with Gasteiger partial charge in [0.05, 0.1) is 0 Å². The van der Waals surface area contributed by atoms with Crippen LogP contribution in [0.1, 0.15) is 5.56 Å². The van der Waals surface area contributed by atoms with Crippen LogP contribution in [0.4, 0.5) is 0 Å². The molecule has 0 aliphatic rings. The van der Waals surface area contributed by atoms with Gasteiger partial charge in [-0.05, 0) is 16.7 Å². The fourth-order valence-corrected chi connectivity index (χ4v) is 1.61. The number of hydrogen-bond acceptors (Lipinski definition) is 2. The normalized spacial score (nSPS) is 10.7. The molecule has 17 heavy (non-hydrogen) atoms. The summed E-state index contributed by atoms with van der Waals surface area (Å²) in [7, 11) is -1.40. The quantitative estimate of drug-likeness (QED) is 0.785. The summed E-state index contributed by atoms with van der Waals surface area (Å²) in [5, 5.41) is 17.4. The SMILES string of the molecule is OB(O)C=Cc1ccc(-c2ccccc2)cc1. The zero-order chi connectivity index (χ0) is 12.1. The lowest BCUT2D eigenvalue weighted by atomic mass is 9.90. The van der Waals surface area contributed by atoms with Crippen molar-refractivity contribution in [1.29, 1.82) is 0 Å². The highest BCUT2D eigenvalue weighted by Gasteiger charge is 1.99. The maximum atomic E-state index is 8.72. The molecule has 2 aromatic rings. The minimum Gasteiger partial charge on any atom is -0.424 e. The molecule has 2 rings (SSSR count). The summed E-state index contributed by atoms with van der Waals surface area (Å²) in [4.78, 5) is 0. The van der Waals surface area contributed by atoms with Gasteiger partial charge in [0.15, 0.2) is 0 Å². The highest BCUT2D eigenvalue weighted by Crippen LogP contribution is 2.19. The van der Waals surface area contributed by atoms with E-state index in [1.165, 1.54) is 11.5 Å². The van der Waals surface area contributed by atoms with Crippen molar-refractivity contribution in [2.45, 2.75) is 0 Å². The van der Waals surface area contributed by atoms with E-state index >= 15 is 0 Å². The van der Waals surface area contributed by atoms with Crippen LogP contribution in [0.25, 0.3) is 17.2 Å². The zero-order valence-electron chi connectivity index (χ0n) is 9.32. The molecule has 0 heterocycles. The average Bonchev–Trinajstić information content (AvgIpc) is 2.38. The zero-order valence-corrected chi connectivity index (χ0v) is 9.32. The first-order valence-electron chi connectivity index (χ1n) is 5.45. The summed E-state index contributed by atoms with van der Waals surface area (Å²) >= 11 is 0. The topological polar surface area (TPSA) is 40.5 Å². The molecule has 0 fully saturated rings. The molecule has 84 valence electrons. The third kappa shape index (κ3) is 3.31. The average molecular weight is 224 g/mol. The Morgan fingerprint density at radius 1 is 0.765 bits per heavy atom. The van der Waals surface area contributed by atoms with Crippen LogP contribution in [0.5, 0.6) is 0 Å². The fourth-order valence-electron chi connectivity index (χ4n) is 1.61. The van der Waals surface area contributed by atoms with E-state index < -0.39 is 7.12 Å². The Labute approximate surface area is 101 Å². The van der Waals surface area contributed by atoms with Crippen molar-refractivity contribution in [3.05, 3.63) is 66.1 Å². The predicted octanol–water partition coefficient (Wildman–Crippen LogP) is 2.38. The first kappa shape index (κ1) is 11.6. The van der Waals surface area contributed by atoms with Gasteiger partial charge in [0, 0.05) is 0 Å². The molecule has 0 aliphatic heterocycles. The van der Waals surface area contributed by atoms with Crippen LogP contribution in [0.15, 0.2) is 60.6 Å². The molecule has 0 bridgehead atoms. The third-order valence-corrected chi connectivity index (χ3v) is 2.48. The molecule has 0 spiro atoms. The molecule has 2 N–H and O–H groups in total. The summed E-state index contributed by atoms with van der Waals surface area (Å²) in [6.45, 7) is 0. The van der Waals surface area contributed by atoms with E-state index in [0.717, 1.165) is 11.1 Å². The number of benzene rings is 2. The Kier molecular flexibility index (Phi) is 3.75. The number of rotatable bonds is 3. The van der Waals surface area contributed by atoms with Gasteiger partial charge in [-0.1, -0.05) is 66.6 Å². The van der Waals surface area contributed by atoms with Crippen molar-refractivity contribution in [2.75, 3.05) is 0 Å². The van der Waals surface area contributed by atoms with Gasteiger partial charge < -0.3 is 10.0 Å². The lowest BCUT2D eigenvalue weighted by Crippen LogP contribution is -2.05. The van der Waals surface area contributed by atoms with Crippen molar-refractivity contribution in [2.24, 2.45) is 0 Å². The van der Waals surface area contributed by atoms with E-state index in [4.69, 9.17) is 10.0 Å². The monoisotopic (exact) mass is 224 g/mol. The second kappa shape index (κ2) is 5.48. The lowest BCUT2D eigenvalue weighted by Gasteiger charge is -2.01. The molecule has 3 heteroatoms. The highest BCUT2D eigenvalue weighted by molar-refractivity contribution is 6.48. The molecule has 2 nitrogen and oxygen atoms in total. The van der Waals surface area contributed by atoms with Crippen molar-refractivity contribution in [1.82, 2.24) is 0 Å². The minimum absolute atomic E-state index is 0.942. The van der Waals surface area contributed by atoms with Crippen LogP contribution in [-0.4, -0.2) is 17.2 Å². The van der Waals surface area contributed by atoms with E-state index in [-0.39, 0.29) is 0 Å². The van der Waals surface area contributed by atoms with Crippen LogP contribution in [0.2, 0.25) is 0 Å². The second-order valence-corrected chi connectivity index (χ2v) is 3.76. The molecule has 0 unspecified atom stereocenters. The largest absolute Gasteiger partial charge is 0.480 e. The lowest BCUT2D eigenvalue weighted by molar-refractivity contribution is 0.424. The van der Waals surface area contributed by atoms with Gasteiger partial charge in [-0.2, -0.15) is 0 Å². The van der Waals surface area contributed by atoms with E-state index in [9.17, 15) is 0 Å². The Morgan fingerprint density at radius 3 is 1.94 bits per heavy atom. The summed E-state index contributed by atoms with van der Waals surface area (Å²) < 4.78 is 0. The maximum Gasteiger partial charge on any atom is 0.480 e. The van der Waals surface area contributed by atoms with Crippen molar-refractivity contribution >= 4 is 13.2 Å². The van der Waals surface area contributed by atoms with Crippen LogP contribution in [-0.2, 0) is 0 Å². The molecule has 0 aromatic heterocycles. The Morgan fingerprint density at radius 2 is 1.35 bits per heavy atom. The highest BCUT2D eigenvalue weighted by atomic mass is 16.4. The van der Waals surface area contributed by atoms with Gasteiger partial charge in [0.25, 0.3) is 0 Å². The van der Waals surface area contributed by atoms with Gasteiger partial charge in [-0.3, -0.25) is 0 Å². The summed E-state index contributed by atoms with van der Waals surface area (Å²) in [6.07, 6.45) is 1.68. The first-order chi connectivity index (χ1) is 8.25. The second-order valence-electron chi connectivity index (χ2n) is 3.76.